The average Bonchev–Trinajstić information content (AvgIpc) is 3.48. The highest BCUT2D eigenvalue weighted by molar-refractivity contribution is 6.05. The number of pyridine rings is 1. The molecule has 3 heterocycles. The summed E-state index contributed by atoms with van der Waals surface area (Å²) in [7, 11) is 0. The van der Waals surface area contributed by atoms with Gasteiger partial charge in [-0.2, -0.15) is 0 Å². The van der Waals surface area contributed by atoms with Crippen molar-refractivity contribution in [2.45, 2.75) is 19.4 Å². The number of nitrogens with zero attached hydrogens (tertiary/aromatic N) is 3. The Hall–Kier alpha value is -4.40. The lowest BCUT2D eigenvalue weighted by molar-refractivity contribution is -0.133. The molecule has 1 aromatic heterocycles. The summed E-state index contributed by atoms with van der Waals surface area (Å²) in [6.07, 6.45) is 2.12. The molecule has 3 amide bonds. The van der Waals surface area contributed by atoms with E-state index in [1.165, 1.54) is 11.1 Å². The molecule has 2 fully saturated rings. The van der Waals surface area contributed by atoms with E-state index in [0.29, 0.717) is 55.2 Å². The predicted octanol–water partition coefficient (Wildman–Crippen LogP) is 3.68. The van der Waals surface area contributed by atoms with Crippen LogP contribution in [-0.2, 0) is 16.1 Å². The van der Waals surface area contributed by atoms with Crippen LogP contribution in [0.1, 0.15) is 28.8 Å². The van der Waals surface area contributed by atoms with E-state index in [9.17, 15) is 14.4 Å². The van der Waals surface area contributed by atoms with Crippen molar-refractivity contribution in [3.63, 3.8) is 0 Å². The van der Waals surface area contributed by atoms with Crippen LogP contribution in [0.2, 0.25) is 0 Å². The molecule has 1 spiro atoms. The number of hydrogen-bond donors (Lipinski definition) is 2. The molecule has 2 aliphatic rings. The maximum absolute atomic E-state index is 13.2. The standard InChI is InChI=1S/C27H27N5O4/c28-21-8-4-5-9-22(21)30-24(33)20-10-11-23(29-16-20)31-14-12-27(18-31)13-15-32(25(27)34)26(35)36-17-19-6-2-1-3-7-19/h1-11,16H,12-15,17-18,28H2,(H,30,33). The maximum Gasteiger partial charge on any atom is 0.416 e. The first-order valence-corrected chi connectivity index (χ1v) is 11.8. The van der Waals surface area contributed by atoms with Crippen LogP contribution >= 0.6 is 0 Å². The summed E-state index contributed by atoms with van der Waals surface area (Å²) >= 11 is 0. The van der Waals surface area contributed by atoms with E-state index in [4.69, 9.17) is 10.5 Å². The SMILES string of the molecule is Nc1ccccc1NC(=O)c1ccc(N2CCC3(CCN(C(=O)OCc4ccccc4)C3=O)C2)nc1. The Labute approximate surface area is 208 Å². The maximum atomic E-state index is 13.2. The van der Waals surface area contributed by atoms with Crippen LogP contribution in [0.5, 0.6) is 0 Å². The minimum absolute atomic E-state index is 0.128. The van der Waals surface area contributed by atoms with Crippen molar-refractivity contribution in [1.82, 2.24) is 9.88 Å². The summed E-state index contributed by atoms with van der Waals surface area (Å²) in [6, 6.07) is 19.9. The molecule has 1 unspecified atom stereocenters. The number of aromatic nitrogens is 1. The van der Waals surface area contributed by atoms with Gasteiger partial charge in [0.2, 0.25) is 5.91 Å². The Kier molecular flexibility index (Phi) is 6.28. The minimum Gasteiger partial charge on any atom is -0.444 e. The normalized spacial score (nSPS) is 19.1. The second-order valence-corrected chi connectivity index (χ2v) is 9.15. The van der Waals surface area contributed by atoms with Gasteiger partial charge >= 0.3 is 6.09 Å². The number of nitrogens with one attached hydrogen (secondary N) is 1. The highest BCUT2D eigenvalue weighted by Crippen LogP contribution is 2.42. The second kappa shape index (κ2) is 9.69. The molecular formula is C27H27N5O4. The fourth-order valence-corrected chi connectivity index (χ4v) is 4.75. The second-order valence-electron chi connectivity index (χ2n) is 9.15. The summed E-state index contributed by atoms with van der Waals surface area (Å²) < 4.78 is 5.38. The number of hydrogen-bond acceptors (Lipinski definition) is 7. The fourth-order valence-electron chi connectivity index (χ4n) is 4.75. The number of para-hydroxylation sites is 2. The number of carbonyl (C=O) groups excluding carboxylic acids is 3. The third-order valence-electron chi connectivity index (χ3n) is 6.84. The van der Waals surface area contributed by atoms with E-state index in [2.05, 4.69) is 10.3 Å². The first-order valence-electron chi connectivity index (χ1n) is 11.8. The number of nitrogens with two attached hydrogens (primary N) is 1. The molecule has 0 bridgehead atoms. The molecule has 0 radical (unpaired) electrons. The zero-order valence-electron chi connectivity index (χ0n) is 19.7. The topological polar surface area (TPSA) is 118 Å². The average molecular weight is 486 g/mol. The lowest BCUT2D eigenvalue weighted by atomic mass is 9.85. The van der Waals surface area contributed by atoms with Gasteiger partial charge in [-0.3, -0.25) is 9.59 Å². The summed E-state index contributed by atoms with van der Waals surface area (Å²) in [4.78, 5) is 46.1. The molecule has 9 nitrogen and oxygen atoms in total. The molecule has 184 valence electrons. The van der Waals surface area contributed by atoms with Crippen LogP contribution in [0, 0.1) is 5.41 Å². The van der Waals surface area contributed by atoms with E-state index in [0.717, 1.165) is 5.56 Å². The first-order chi connectivity index (χ1) is 17.4. The molecular weight excluding hydrogens is 458 g/mol. The van der Waals surface area contributed by atoms with Crippen LogP contribution in [0.3, 0.4) is 0 Å². The van der Waals surface area contributed by atoms with E-state index < -0.39 is 11.5 Å². The number of likely N-dealkylation sites (tertiary alicyclic amines) is 1. The molecule has 0 saturated carbocycles. The highest BCUT2D eigenvalue weighted by atomic mass is 16.6. The summed E-state index contributed by atoms with van der Waals surface area (Å²) in [5, 5.41) is 2.79. The number of carbonyl (C=O) groups is 3. The predicted molar refractivity (Wildman–Crippen MR) is 135 cm³/mol. The van der Waals surface area contributed by atoms with Gasteiger partial charge in [-0.05, 0) is 42.7 Å². The Morgan fingerprint density at radius 2 is 1.75 bits per heavy atom. The number of ether oxygens (including phenoxy) is 1. The molecule has 2 aliphatic heterocycles. The van der Waals surface area contributed by atoms with E-state index >= 15 is 0 Å². The Morgan fingerprint density at radius 1 is 1.00 bits per heavy atom. The van der Waals surface area contributed by atoms with Crippen molar-refractivity contribution in [2.75, 3.05) is 35.6 Å². The van der Waals surface area contributed by atoms with E-state index in [1.807, 2.05) is 35.2 Å². The summed E-state index contributed by atoms with van der Waals surface area (Å²) in [5.74, 6) is 0.181. The zero-order chi connectivity index (χ0) is 25.1. The molecule has 2 aromatic carbocycles. The number of nitrogen functional groups attached to an aromatic ring is 1. The molecule has 9 heteroatoms. The van der Waals surface area contributed by atoms with E-state index in [-0.39, 0.29) is 18.4 Å². The summed E-state index contributed by atoms with van der Waals surface area (Å²) in [6.45, 7) is 1.57. The van der Waals surface area contributed by atoms with Crippen LogP contribution in [-0.4, -0.2) is 47.4 Å². The quantitative estimate of drug-likeness (QED) is 0.529. The number of imide groups is 1. The van der Waals surface area contributed by atoms with Crippen molar-refractivity contribution in [2.24, 2.45) is 5.41 Å². The van der Waals surface area contributed by atoms with Gasteiger partial charge in [-0.1, -0.05) is 42.5 Å². The van der Waals surface area contributed by atoms with Gasteiger partial charge in [-0.25, -0.2) is 14.7 Å². The molecule has 3 N–H and O–H groups in total. The fraction of sp³-hybridized carbons (Fsp3) is 0.259. The summed E-state index contributed by atoms with van der Waals surface area (Å²) in [5.41, 5.74) is 7.56. The number of benzene rings is 2. The lowest BCUT2D eigenvalue weighted by Crippen LogP contribution is -2.40. The molecule has 0 aliphatic carbocycles. The van der Waals surface area contributed by atoms with Gasteiger partial charge in [0.25, 0.3) is 5.91 Å². The Bertz CT molecular complexity index is 1280. The van der Waals surface area contributed by atoms with Crippen LogP contribution in [0.15, 0.2) is 72.9 Å². The Morgan fingerprint density at radius 3 is 2.50 bits per heavy atom. The smallest absolute Gasteiger partial charge is 0.416 e. The third-order valence-corrected chi connectivity index (χ3v) is 6.84. The Balaban J connectivity index is 1.19. The van der Waals surface area contributed by atoms with Crippen molar-refractivity contribution in [3.05, 3.63) is 84.1 Å². The van der Waals surface area contributed by atoms with Gasteiger partial charge in [-0.15, -0.1) is 0 Å². The molecule has 36 heavy (non-hydrogen) atoms. The van der Waals surface area contributed by atoms with Crippen LogP contribution in [0.4, 0.5) is 22.0 Å². The monoisotopic (exact) mass is 485 g/mol. The van der Waals surface area contributed by atoms with Gasteiger partial charge in [0.1, 0.15) is 12.4 Å². The highest BCUT2D eigenvalue weighted by Gasteiger charge is 2.53. The molecule has 1 atom stereocenters. The van der Waals surface area contributed by atoms with Crippen LogP contribution in [0.25, 0.3) is 0 Å². The minimum atomic E-state index is -0.631. The van der Waals surface area contributed by atoms with Crippen molar-refractivity contribution >= 4 is 35.1 Å². The first kappa shape index (κ1) is 23.3. The van der Waals surface area contributed by atoms with E-state index in [1.54, 1.807) is 36.4 Å². The van der Waals surface area contributed by atoms with Crippen molar-refractivity contribution in [3.8, 4) is 0 Å². The lowest BCUT2D eigenvalue weighted by Gasteiger charge is -2.23. The van der Waals surface area contributed by atoms with Gasteiger partial charge in [0.05, 0.1) is 22.4 Å². The number of anilines is 3. The van der Waals surface area contributed by atoms with Crippen molar-refractivity contribution < 1.29 is 19.1 Å². The van der Waals surface area contributed by atoms with Crippen molar-refractivity contribution in [1.29, 1.82) is 0 Å². The third kappa shape index (κ3) is 4.59. The largest absolute Gasteiger partial charge is 0.444 e. The van der Waals surface area contributed by atoms with Gasteiger partial charge in [0, 0.05) is 25.8 Å². The molecule has 5 rings (SSSR count). The zero-order valence-corrected chi connectivity index (χ0v) is 19.7. The van der Waals surface area contributed by atoms with Gasteiger partial charge in [0.15, 0.2) is 0 Å². The molecule has 3 aromatic rings. The number of amides is 3. The van der Waals surface area contributed by atoms with Crippen LogP contribution < -0.4 is 16.0 Å². The number of rotatable bonds is 5. The molecule has 2 saturated heterocycles. The van der Waals surface area contributed by atoms with Gasteiger partial charge < -0.3 is 20.7 Å².